The molecule has 2 aliphatic carbocycles. The molecule has 0 radical (unpaired) electrons. The van der Waals surface area contributed by atoms with Crippen molar-refractivity contribution in [1.82, 2.24) is 24.5 Å². The third-order valence-electron chi connectivity index (χ3n) is 14.9. The number of likely N-dealkylation sites (tertiary alicyclic amines) is 1. The Labute approximate surface area is 384 Å². The smallest absolute Gasteiger partial charge is 0.297 e. The van der Waals surface area contributed by atoms with Crippen molar-refractivity contribution in [2.45, 2.75) is 86.7 Å². The molecular weight excluding hydrogens is 861 g/mol. The molecule has 3 aromatic carbocycles. The highest BCUT2D eigenvalue weighted by Gasteiger charge is 2.50. The highest BCUT2D eigenvalue weighted by atomic mass is 32.2. The van der Waals surface area contributed by atoms with Gasteiger partial charge in [0.15, 0.2) is 11.4 Å². The van der Waals surface area contributed by atoms with Crippen LogP contribution in [0.5, 0.6) is 17.2 Å². The van der Waals surface area contributed by atoms with Gasteiger partial charge in [0.2, 0.25) is 0 Å². The molecule has 5 aromatic rings. The second-order valence-electron chi connectivity index (χ2n) is 19.1. The zero-order valence-corrected chi connectivity index (χ0v) is 37.8. The van der Waals surface area contributed by atoms with E-state index in [1.54, 1.807) is 41.7 Å². The average Bonchev–Trinajstić information content (AvgIpc) is 3.92. The quantitative estimate of drug-likeness (QED) is 0.0817. The highest BCUT2D eigenvalue weighted by molar-refractivity contribution is 7.90. The number of carbonyl (C=O) groups excluding carboxylic acids is 1. The Hall–Kier alpha value is -5.75. The molecule has 2 saturated carbocycles. The second-order valence-corrected chi connectivity index (χ2v) is 20.8. The summed E-state index contributed by atoms with van der Waals surface area (Å²) in [6, 6.07) is 21.2. The Morgan fingerprint density at radius 1 is 0.939 bits per heavy atom. The first-order chi connectivity index (χ1) is 32.1. The molecule has 6 aliphatic rings. The molecule has 1 amide bonds. The van der Waals surface area contributed by atoms with E-state index < -0.39 is 31.4 Å². The number of piperidine rings is 1. The molecule has 0 bridgehead atoms. The number of sulfonamides is 1. The van der Waals surface area contributed by atoms with E-state index in [9.17, 15) is 23.3 Å². The molecule has 1 spiro atoms. The lowest BCUT2D eigenvalue weighted by Gasteiger charge is -2.56. The van der Waals surface area contributed by atoms with Gasteiger partial charge in [0.05, 0.1) is 41.4 Å². The van der Waals surface area contributed by atoms with Crippen LogP contribution in [0.2, 0.25) is 0 Å². The summed E-state index contributed by atoms with van der Waals surface area (Å²) >= 11 is 0. The number of hydrogen-bond acceptors (Lipinski definition) is 13. The second kappa shape index (κ2) is 17.5. The SMILES string of the molecule is O=C(NS(=O)(=O)c1cc2c(c([N+](=O)[O-])c1)N[C@@H](CN1CCOCC1)CCO2)c1ccc(N2CCC3(CC2)CC(N2CCC[C@H]2c2ccccc2C2CC2)C3)cc1Oc1cnc2[nH]ccc2c1. The molecule has 346 valence electrons. The molecule has 2 aromatic heterocycles. The van der Waals surface area contributed by atoms with Gasteiger partial charge in [0.1, 0.15) is 17.1 Å². The number of nitro benzene ring substituents is 1. The summed E-state index contributed by atoms with van der Waals surface area (Å²) in [5.41, 5.74) is 4.59. The number of ether oxygens (including phenoxy) is 3. The third-order valence-corrected chi connectivity index (χ3v) is 16.2. The Bertz CT molecular complexity index is 2760. The number of carbonyl (C=O) groups is 1. The number of aromatic amines is 1. The van der Waals surface area contributed by atoms with Gasteiger partial charge in [0.25, 0.3) is 21.6 Å². The minimum Gasteiger partial charge on any atom is -0.491 e. The van der Waals surface area contributed by atoms with Crippen molar-refractivity contribution in [3.05, 3.63) is 106 Å². The number of nitrogens with one attached hydrogen (secondary N) is 3. The number of H-pyrrole nitrogens is 1. The van der Waals surface area contributed by atoms with Gasteiger partial charge in [0, 0.05) is 92.7 Å². The standard InChI is InChI=1S/C49H56N8O8S/c58-48(53-66(61,62)38-26-43(57(59)60)46-45(27-38)64-21-12-34(52-46)31-54-19-22-63-23-20-54)41-10-9-35(25-44(41)65-37-24-33-11-15-50-47(33)51-30-37)55-17-13-49(14-18-55)28-36(29-49)56-16-3-6-42(56)40-5-2-1-4-39(40)32-7-8-32/h1-2,4-5,9-11,15,24-27,30,32,34,36,42,52H,3,6-8,12-14,16-23,28-29,31H2,(H,50,51)(H,53,58)/t34-,42+/m1/s1. The van der Waals surface area contributed by atoms with Gasteiger partial charge in [-0.05, 0) is 105 Å². The predicted octanol–water partition coefficient (Wildman–Crippen LogP) is 7.74. The van der Waals surface area contributed by atoms with Crippen molar-refractivity contribution in [3.8, 4) is 17.2 Å². The number of nitrogens with zero attached hydrogens (tertiary/aromatic N) is 5. The summed E-state index contributed by atoms with van der Waals surface area (Å²) in [7, 11) is -4.65. The number of rotatable bonds is 12. The number of fused-ring (bicyclic) bond motifs is 2. The fourth-order valence-electron chi connectivity index (χ4n) is 11.2. The molecule has 4 aliphatic heterocycles. The summed E-state index contributed by atoms with van der Waals surface area (Å²) in [5, 5.41) is 16.5. The largest absolute Gasteiger partial charge is 0.491 e. The zero-order chi connectivity index (χ0) is 45.0. The van der Waals surface area contributed by atoms with E-state index in [-0.39, 0.29) is 35.4 Å². The van der Waals surface area contributed by atoms with E-state index in [0.717, 1.165) is 62.1 Å². The summed E-state index contributed by atoms with van der Waals surface area (Å²) in [6.07, 6.45) is 13.5. The average molecular weight is 917 g/mol. The van der Waals surface area contributed by atoms with Crippen LogP contribution in [0.25, 0.3) is 11.0 Å². The van der Waals surface area contributed by atoms with Gasteiger partial charge in [-0.25, -0.2) is 18.1 Å². The Kier molecular flexibility index (Phi) is 11.3. The maximum absolute atomic E-state index is 14.1. The van der Waals surface area contributed by atoms with Crippen LogP contribution in [-0.4, -0.2) is 110 Å². The first-order valence-corrected chi connectivity index (χ1v) is 25.0. The fraction of sp³-hybridized carbons (Fsp3) is 0.469. The van der Waals surface area contributed by atoms with Crippen LogP contribution < -0.4 is 24.4 Å². The lowest BCUT2D eigenvalue weighted by atomic mass is 9.59. The van der Waals surface area contributed by atoms with Crippen LogP contribution in [0.3, 0.4) is 0 Å². The zero-order valence-electron chi connectivity index (χ0n) is 37.0. The van der Waals surface area contributed by atoms with Crippen molar-refractivity contribution in [2.24, 2.45) is 5.41 Å². The molecule has 66 heavy (non-hydrogen) atoms. The number of morpholine rings is 1. The summed E-state index contributed by atoms with van der Waals surface area (Å²) in [6.45, 7) is 6.41. The van der Waals surface area contributed by atoms with Crippen molar-refractivity contribution in [3.63, 3.8) is 0 Å². The topological polar surface area (TPSA) is 184 Å². The highest BCUT2D eigenvalue weighted by Crippen LogP contribution is 2.55. The monoisotopic (exact) mass is 916 g/mol. The van der Waals surface area contributed by atoms with Gasteiger partial charge in [-0.1, -0.05) is 24.3 Å². The Balaban J connectivity index is 0.804. The van der Waals surface area contributed by atoms with Crippen LogP contribution in [-0.2, 0) is 14.8 Å². The van der Waals surface area contributed by atoms with E-state index in [2.05, 4.69) is 59.0 Å². The minimum atomic E-state index is -4.65. The van der Waals surface area contributed by atoms with Crippen molar-refractivity contribution in [2.75, 3.05) is 69.3 Å². The molecule has 3 saturated heterocycles. The van der Waals surface area contributed by atoms with Crippen LogP contribution in [0.4, 0.5) is 17.1 Å². The molecule has 2 atom stereocenters. The molecule has 17 heteroatoms. The molecular formula is C49H56N8O8S. The van der Waals surface area contributed by atoms with Crippen LogP contribution in [0, 0.1) is 15.5 Å². The molecule has 5 fully saturated rings. The summed E-state index contributed by atoms with van der Waals surface area (Å²) in [4.78, 5) is 40.3. The number of amides is 1. The number of benzene rings is 3. The predicted molar refractivity (Wildman–Crippen MR) is 249 cm³/mol. The van der Waals surface area contributed by atoms with E-state index in [1.165, 1.54) is 51.1 Å². The lowest BCUT2D eigenvalue weighted by molar-refractivity contribution is -0.384. The lowest BCUT2D eigenvalue weighted by Crippen LogP contribution is -2.54. The minimum absolute atomic E-state index is 0.0247. The Morgan fingerprint density at radius 2 is 1.74 bits per heavy atom. The summed E-state index contributed by atoms with van der Waals surface area (Å²) in [5.74, 6) is 0.337. The molecule has 0 unspecified atom stereocenters. The third kappa shape index (κ3) is 8.57. The van der Waals surface area contributed by atoms with E-state index >= 15 is 0 Å². The maximum Gasteiger partial charge on any atom is 0.297 e. The Morgan fingerprint density at radius 3 is 2.53 bits per heavy atom. The first-order valence-electron chi connectivity index (χ1n) is 23.5. The van der Waals surface area contributed by atoms with Gasteiger partial charge in [-0.3, -0.25) is 24.7 Å². The first kappa shape index (κ1) is 42.9. The molecule has 11 rings (SSSR count). The normalized spacial score (nSPS) is 22.5. The van der Waals surface area contributed by atoms with Crippen LogP contribution >= 0.6 is 0 Å². The number of nitro groups is 1. The van der Waals surface area contributed by atoms with Crippen molar-refractivity contribution < 1.29 is 32.3 Å². The van der Waals surface area contributed by atoms with Gasteiger partial charge in [-0.2, -0.15) is 0 Å². The van der Waals surface area contributed by atoms with Crippen LogP contribution in [0.1, 0.15) is 91.2 Å². The summed E-state index contributed by atoms with van der Waals surface area (Å²) < 4.78 is 48.0. The van der Waals surface area contributed by atoms with Crippen molar-refractivity contribution >= 4 is 44.0 Å². The molecule has 16 nitrogen and oxygen atoms in total. The number of anilines is 2. The molecule has 3 N–H and O–H groups in total. The number of pyridine rings is 1. The van der Waals surface area contributed by atoms with E-state index in [0.29, 0.717) is 55.1 Å². The van der Waals surface area contributed by atoms with Crippen LogP contribution in [0.15, 0.2) is 84.0 Å². The number of aromatic nitrogens is 2. The maximum atomic E-state index is 14.1. The van der Waals surface area contributed by atoms with E-state index in [1.807, 2.05) is 12.1 Å². The van der Waals surface area contributed by atoms with Crippen molar-refractivity contribution in [1.29, 1.82) is 0 Å². The van der Waals surface area contributed by atoms with E-state index in [4.69, 9.17) is 14.2 Å². The number of hydrogen-bond donors (Lipinski definition) is 3. The van der Waals surface area contributed by atoms with Gasteiger partial charge < -0.3 is 29.4 Å². The van der Waals surface area contributed by atoms with Gasteiger partial charge in [-0.15, -0.1) is 0 Å². The fourth-order valence-corrected chi connectivity index (χ4v) is 12.2. The van der Waals surface area contributed by atoms with Gasteiger partial charge >= 0.3 is 0 Å². The molecule has 6 heterocycles.